The quantitative estimate of drug-likeness (QED) is 0.304. The zero-order valence-electron chi connectivity index (χ0n) is 9.17. The van der Waals surface area contributed by atoms with Gasteiger partial charge in [-0.15, -0.1) is 0 Å². The number of aromatic nitrogens is 1. The molecule has 1 atom stereocenters. The van der Waals surface area contributed by atoms with E-state index in [0.717, 1.165) is 5.69 Å². The van der Waals surface area contributed by atoms with E-state index in [1.807, 2.05) is 5.43 Å². The van der Waals surface area contributed by atoms with E-state index in [9.17, 15) is 4.79 Å². The molecule has 7 heteroatoms. The number of rotatable bonds is 6. The van der Waals surface area contributed by atoms with Gasteiger partial charge in [-0.05, 0) is 12.1 Å². The van der Waals surface area contributed by atoms with Crippen LogP contribution in [-0.4, -0.2) is 39.6 Å². The summed E-state index contributed by atoms with van der Waals surface area (Å²) in [7, 11) is 0. The van der Waals surface area contributed by atoms with Gasteiger partial charge in [0.15, 0.2) is 0 Å². The molecule has 5 N–H and O–H groups in total. The Labute approximate surface area is 103 Å². The summed E-state index contributed by atoms with van der Waals surface area (Å²) in [6.45, 7) is -0.240. The molecule has 1 heterocycles. The normalized spacial score (nSPS) is 12.2. The smallest absolute Gasteiger partial charge is 0.266 e. The zero-order chi connectivity index (χ0) is 12.7. The van der Waals surface area contributed by atoms with Crippen LogP contribution >= 0.6 is 11.8 Å². The number of aliphatic hydroxyl groups excluding tert-OH is 2. The van der Waals surface area contributed by atoms with Gasteiger partial charge in [-0.25, -0.2) is 5.84 Å². The molecule has 1 amide bonds. The van der Waals surface area contributed by atoms with Crippen LogP contribution in [0.1, 0.15) is 16.1 Å². The fourth-order valence-electron chi connectivity index (χ4n) is 1.08. The minimum absolute atomic E-state index is 0.240. The molecule has 1 rings (SSSR count). The Bertz CT molecular complexity index is 358. The largest absolute Gasteiger partial charge is 0.394 e. The maximum Gasteiger partial charge on any atom is 0.266 e. The van der Waals surface area contributed by atoms with Crippen LogP contribution in [0.3, 0.4) is 0 Å². The molecule has 1 unspecified atom stereocenters. The Balaban J connectivity index is 2.43. The van der Waals surface area contributed by atoms with Crippen LogP contribution in [0.2, 0.25) is 0 Å². The molecule has 6 nitrogen and oxygen atoms in total. The molecule has 0 bridgehead atoms. The molecule has 0 aliphatic carbocycles. The standard InChI is InChI=1S/C10H15N3O3S/c11-13-10(16)7-1-2-8(12-3-7)5-17-6-9(15)4-14/h1-3,9,14-15H,4-6,11H2,(H,13,16). The number of nitrogens with zero attached hydrogens (tertiary/aromatic N) is 1. The summed E-state index contributed by atoms with van der Waals surface area (Å²) < 4.78 is 0. The average Bonchev–Trinajstić information content (AvgIpc) is 2.38. The number of hydrazine groups is 1. The Morgan fingerprint density at radius 2 is 2.35 bits per heavy atom. The topological polar surface area (TPSA) is 108 Å². The second-order valence-electron chi connectivity index (χ2n) is 3.36. The summed E-state index contributed by atoms with van der Waals surface area (Å²) in [5, 5.41) is 17.7. The molecule has 0 aliphatic heterocycles. The molecule has 0 aromatic carbocycles. The van der Waals surface area contributed by atoms with E-state index >= 15 is 0 Å². The minimum Gasteiger partial charge on any atom is -0.394 e. The van der Waals surface area contributed by atoms with Gasteiger partial charge in [-0.2, -0.15) is 11.8 Å². The summed E-state index contributed by atoms with van der Waals surface area (Å²) in [6.07, 6.45) is 0.739. The third-order valence-electron chi connectivity index (χ3n) is 1.99. The van der Waals surface area contributed by atoms with E-state index in [4.69, 9.17) is 16.1 Å². The molecule has 0 fully saturated rings. The molecular weight excluding hydrogens is 242 g/mol. The van der Waals surface area contributed by atoms with Crippen LogP contribution in [0.25, 0.3) is 0 Å². The van der Waals surface area contributed by atoms with E-state index in [1.54, 1.807) is 12.1 Å². The highest BCUT2D eigenvalue weighted by Gasteiger charge is 2.05. The van der Waals surface area contributed by atoms with Crippen molar-refractivity contribution in [3.63, 3.8) is 0 Å². The van der Waals surface area contributed by atoms with Crippen LogP contribution < -0.4 is 11.3 Å². The number of nitrogens with two attached hydrogens (primary N) is 1. The van der Waals surface area contributed by atoms with Gasteiger partial charge in [0, 0.05) is 17.7 Å². The predicted octanol–water partition coefficient (Wildman–Crippen LogP) is -0.729. The van der Waals surface area contributed by atoms with Gasteiger partial charge in [0.05, 0.1) is 24.0 Å². The molecule has 1 aromatic rings. The monoisotopic (exact) mass is 257 g/mol. The summed E-state index contributed by atoms with van der Waals surface area (Å²) in [5.74, 6) is 5.67. The second-order valence-corrected chi connectivity index (χ2v) is 4.39. The van der Waals surface area contributed by atoms with E-state index in [0.29, 0.717) is 17.1 Å². The number of aliphatic hydroxyl groups is 2. The summed E-state index contributed by atoms with van der Waals surface area (Å²) in [6, 6.07) is 3.36. The first-order chi connectivity index (χ1) is 8.17. The van der Waals surface area contributed by atoms with Crippen molar-refractivity contribution in [1.29, 1.82) is 0 Å². The van der Waals surface area contributed by atoms with Crippen LogP contribution in [0, 0.1) is 0 Å². The fourth-order valence-corrected chi connectivity index (χ4v) is 1.95. The van der Waals surface area contributed by atoms with Crippen LogP contribution in [-0.2, 0) is 5.75 Å². The molecule has 1 aromatic heterocycles. The number of hydrogen-bond acceptors (Lipinski definition) is 6. The van der Waals surface area contributed by atoms with Gasteiger partial charge < -0.3 is 10.2 Å². The summed E-state index contributed by atoms with van der Waals surface area (Å²) in [5.41, 5.74) is 3.22. The van der Waals surface area contributed by atoms with E-state index in [2.05, 4.69) is 4.98 Å². The number of carbonyl (C=O) groups is 1. The molecule has 0 spiro atoms. The second kappa shape index (κ2) is 7.23. The van der Waals surface area contributed by atoms with E-state index < -0.39 is 6.10 Å². The highest BCUT2D eigenvalue weighted by Crippen LogP contribution is 2.11. The van der Waals surface area contributed by atoms with Crippen molar-refractivity contribution in [3.05, 3.63) is 29.6 Å². The Morgan fingerprint density at radius 1 is 1.59 bits per heavy atom. The first-order valence-electron chi connectivity index (χ1n) is 5.00. The molecule has 0 saturated carbocycles. The summed E-state index contributed by atoms with van der Waals surface area (Å²) in [4.78, 5) is 15.2. The lowest BCUT2D eigenvalue weighted by atomic mass is 10.2. The maximum atomic E-state index is 11.1. The van der Waals surface area contributed by atoms with Crippen molar-refractivity contribution in [3.8, 4) is 0 Å². The first-order valence-corrected chi connectivity index (χ1v) is 6.15. The van der Waals surface area contributed by atoms with Gasteiger partial charge in [-0.3, -0.25) is 15.2 Å². The molecule has 0 saturated heterocycles. The van der Waals surface area contributed by atoms with E-state index in [-0.39, 0.29) is 12.5 Å². The SMILES string of the molecule is NNC(=O)c1ccc(CSCC(O)CO)nc1. The average molecular weight is 257 g/mol. The zero-order valence-corrected chi connectivity index (χ0v) is 9.98. The van der Waals surface area contributed by atoms with Crippen molar-refractivity contribution in [2.24, 2.45) is 5.84 Å². The molecule has 17 heavy (non-hydrogen) atoms. The lowest BCUT2D eigenvalue weighted by Gasteiger charge is -2.06. The molecular formula is C10H15N3O3S. The molecule has 0 aliphatic rings. The lowest BCUT2D eigenvalue weighted by molar-refractivity contribution is 0.0953. The minimum atomic E-state index is -0.706. The lowest BCUT2D eigenvalue weighted by Crippen LogP contribution is -2.30. The van der Waals surface area contributed by atoms with Crippen LogP contribution in [0.4, 0.5) is 0 Å². The number of hydrogen-bond donors (Lipinski definition) is 4. The third kappa shape index (κ3) is 4.70. The fraction of sp³-hybridized carbons (Fsp3) is 0.400. The first kappa shape index (κ1) is 13.9. The summed E-state index contributed by atoms with van der Waals surface area (Å²) >= 11 is 1.46. The molecule has 0 radical (unpaired) electrons. The number of thioether (sulfide) groups is 1. The number of nitrogens with one attached hydrogen (secondary N) is 1. The maximum absolute atomic E-state index is 11.1. The van der Waals surface area contributed by atoms with Crippen molar-refractivity contribution in [2.45, 2.75) is 11.9 Å². The van der Waals surface area contributed by atoms with Crippen molar-refractivity contribution >= 4 is 17.7 Å². The van der Waals surface area contributed by atoms with Gasteiger partial charge in [0.1, 0.15) is 0 Å². The van der Waals surface area contributed by atoms with E-state index in [1.165, 1.54) is 18.0 Å². The van der Waals surface area contributed by atoms with Crippen molar-refractivity contribution in [1.82, 2.24) is 10.4 Å². The van der Waals surface area contributed by atoms with Crippen molar-refractivity contribution in [2.75, 3.05) is 12.4 Å². The van der Waals surface area contributed by atoms with Crippen LogP contribution in [0.5, 0.6) is 0 Å². The molecule has 94 valence electrons. The number of pyridine rings is 1. The number of nitrogen functional groups attached to an aromatic ring is 1. The van der Waals surface area contributed by atoms with Gasteiger partial charge >= 0.3 is 0 Å². The predicted molar refractivity (Wildman–Crippen MR) is 65.1 cm³/mol. The Kier molecular flexibility index (Phi) is 5.92. The highest BCUT2D eigenvalue weighted by atomic mass is 32.2. The van der Waals surface area contributed by atoms with Gasteiger partial charge in [0.2, 0.25) is 0 Å². The van der Waals surface area contributed by atoms with Gasteiger partial charge in [-0.1, -0.05) is 0 Å². The Morgan fingerprint density at radius 3 is 2.88 bits per heavy atom. The van der Waals surface area contributed by atoms with Crippen molar-refractivity contribution < 1.29 is 15.0 Å². The van der Waals surface area contributed by atoms with Gasteiger partial charge in [0.25, 0.3) is 5.91 Å². The third-order valence-corrected chi connectivity index (χ3v) is 3.11. The van der Waals surface area contributed by atoms with Crippen LogP contribution in [0.15, 0.2) is 18.3 Å². The number of amides is 1. The highest BCUT2D eigenvalue weighted by molar-refractivity contribution is 7.98. The number of carbonyl (C=O) groups excluding carboxylic acids is 1. The Hall–Kier alpha value is -1.15.